The molecule has 9 heteroatoms. The van der Waals surface area contributed by atoms with Crippen molar-refractivity contribution < 1.29 is 37.3 Å². The van der Waals surface area contributed by atoms with Gasteiger partial charge in [0.05, 0.1) is 24.3 Å². The highest BCUT2D eigenvalue weighted by Crippen LogP contribution is 2.43. The van der Waals surface area contributed by atoms with Gasteiger partial charge in [0.2, 0.25) is 0 Å². The van der Waals surface area contributed by atoms with E-state index in [1.54, 1.807) is 49.4 Å². The van der Waals surface area contributed by atoms with Crippen LogP contribution in [0.5, 0.6) is 11.5 Å². The van der Waals surface area contributed by atoms with Gasteiger partial charge in [0.1, 0.15) is 23.9 Å². The zero-order valence-corrected chi connectivity index (χ0v) is 22.7. The van der Waals surface area contributed by atoms with E-state index < -0.39 is 35.2 Å². The summed E-state index contributed by atoms with van der Waals surface area (Å²) in [5, 5.41) is 11.5. The molecule has 1 aliphatic heterocycles. The molecule has 0 aromatic heterocycles. The van der Waals surface area contributed by atoms with Crippen molar-refractivity contribution in [3.8, 4) is 11.5 Å². The second kappa shape index (κ2) is 11.4. The topological polar surface area (TPSA) is 76.1 Å². The Morgan fingerprint density at radius 2 is 1.62 bits per heavy atom. The first kappa shape index (κ1) is 28.5. The van der Waals surface area contributed by atoms with Crippen molar-refractivity contribution in [1.29, 1.82) is 0 Å². The molecule has 1 amide bonds. The summed E-state index contributed by atoms with van der Waals surface area (Å²) in [4.78, 5) is 27.9. The van der Waals surface area contributed by atoms with Gasteiger partial charge in [-0.1, -0.05) is 42.5 Å². The number of aliphatic hydroxyl groups is 1. The molecule has 6 nitrogen and oxygen atoms in total. The summed E-state index contributed by atoms with van der Waals surface area (Å²) in [5.41, 5.74) is 1.33. The summed E-state index contributed by atoms with van der Waals surface area (Å²) in [6.07, 6.45) is -4.58. The van der Waals surface area contributed by atoms with E-state index in [-0.39, 0.29) is 16.8 Å². The molecule has 1 aliphatic rings. The van der Waals surface area contributed by atoms with Crippen LogP contribution < -0.4 is 14.4 Å². The Bertz CT molecular complexity index is 1660. The van der Waals surface area contributed by atoms with Crippen LogP contribution in [0.1, 0.15) is 33.9 Å². The number of aryl methyl sites for hydroxylation is 1. The van der Waals surface area contributed by atoms with Crippen molar-refractivity contribution >= 4 is 23.1 Å². The number of carbonyl (C=O) groups excluding carboxylic acids is 2. The highest BCUT2D eigenvalue weighted by atomic mass is 19.4. The first-order valence-electron chi connectivity index (χ1n) is 13.0. The van der Waals surface area contributed by atoms with E-state index in [1.807, 2.05) is 30.3 Å². The van der Waals surface area contributed by atoms with Crippen molar-refractivity contribution in [1.82, 2.24) is 0 Å². The number of nitrogens with zero attached hydrogens (tertiary/aromatic N) is 1. The standard InChI is InChI=1S/C33H26F3NO5/c1-20-17-23(11-16-27(20)42-19-21-7-4-3-5-8-21)30(38)28-29(22-9-6-10-26(18-22)41-2)37(32(40)31(28)39)25-14-12-24(13-15-25)33(34,35)36/h3-18,29,38H,19H2,1-2H3/b30-28-. The van der Waals surface area contributed by atoms with Gasteiger partial charge in [0.25, 0.3) is 11.7 Å². The average molecular weight is 574 g/mol. The second-order valence-electron chi connectivity index (χ2n) is 9.74. The fourth-order valence-corrected chi connectivity index (χ4v) is 4.89. The van der Waals surface area contributed by atoms with Crippen LogP contribution in [-0.2, 0) is 22.4 Å². The van der Waals surface area contributed by atoms with Gasteiger partial charge in [-0.2, -0.15) is 13.2 Å². The lowest BCUT2D eigenvalue weighted by molar-refractivity contribution is -0.137. The third-order valence-electron chi connectivity index (χ3n) is 7.01. The molecule has 0 aliphatic carbocycles. The molecule has 0 saturated carbocycles. The average Bonchev–Trinajstić information content (AvgIpc) is 3.26. The second-order valence-corrected chi connectivity index (χ2v) is 9.74. The van der Waals surface area contributed by atoms with Crippen LogP contribution in [0.4, 0.5) is 18.9 Å². The lowest BCUT2D eigenvalue weighted by atomic mass is 9.94. The summed E-state index contributed by atoms with van der Waals surface area (Å²) >= 11 is 0. The summed E-state index contributed by atoms with van der Waals surface area (Å²) in [7, 11) is 1.45. The SMILES string of the molecule is COc1cccc(C2/C(=C(/O)c3ccc(OCc4ccccc4)c(C)c3)C(=O)C(=O)N2c2ccc(C(F)(F)F)cc2)c1. The van der Waals surface area contributed by atoms with Gasteiger partial charge in [0, 0.05) is 11.3 Å². The number of Topliss-reactive ketones (excluding diaryl/α,β-unsaturated/α-hetero) is 1. The fraction of sp³-hybridized carbons (Fsp3) is 0.152. The monoisotopic (exact) mass is 573 g/mol. The van der Waals surface area contributed by atoms with E-state index in [2.05, 4.69) is 0 Å². The van der Waals surface area contributed by atoms with Gasteiger partial charge in [0.15, 0.2) is 0 Å². The Hall–Kier alpha value is -5.05. The van der Waals surface area contributed by atoms with Crippen molar-refractivity contribution in [3.63, 3.8) is 0 Å². The van der Waals surface area contributed by atoms with E-state index in [0.29, 0.717) is 29.2 Å². The van der Waals surface area contributed by atoms with E-state index in [1.165, 1.54) is 7.11 Å². The molecule has 1 atom stereocenters. The summed E-state index contributed by atoms with van der Waals surface area (Å²) in [6.45, 7) is 2.12. The molecular formula is C33H26F3NO5. The molecule has 0 radical (unpaired) electrons. The predicted octanol–water partition coefficient (Wildman–Crippen LogP) is 7.23. The third-order valence-corrected chi connectivity index (χ3v) is 7.01. The highest BCUT2D eigenvalue weighted by molar-refractivity contribution is 6.51. The minimum atomic E-state index is -4.58. The van der Waals surface area contributed by atoms with Gasteiger partial charge in [-0.05, 0) is 78.2 Å². The Balaban J connectivity index is 1.57. The van der Waals surface area contributed by atoms with Crippen molar-refractivity contribution in [2.75, 3.05) is 12.0 Å². The number of ether oxygens (including phenoxy) is 2. The summed E-state index contributed by atoms with van der Waals surface area (Å²) in [6, 6.07) is 23.9. The summed E-state index contributed by atoms with van der Waals surface area (Å²) < 4.78 is 50.9. The van der Waals surface area contributed by atoms with Crippen LogP contribution in [0, 0.1) is 6.92 Å². The normalized spacial score (nSPS) is 16.5. The highest BCUT2D eigenvalue weighted by Gasteiger charge is 2.47. The number of hydrogen-bond acceptors (Lipinski definition) is 5. The molecule has 1 N–H and O–H groups in total. The van der Waals surface area contributed by atoms with Crippen LogP contribution in [-0.4, -0.2) is 23.9 Å². The van der Waals surface area contributed by atoms with Gasteiger partial charge in [-0.25, -0.2) is 0 Å². The van der Waals surface area contributed by atoms with Crippen molar-refractivity contribution in [2.24, 2.45) is 0 Å². The van der Waals surface area contributed by atoms with Crippen LogP contribution in [0.25, 0.3) is 5.76 Å². The number of rotatable bonds is 7. The number of hydrogen-bond donors (Lipinski definition) is 1. The van der Waals surface area contributed by atoms with Crippen LogP contribution in [0.2, 0.25) is 0 Å². The lowest BCUT2D eigenvalue weighted by Gasteiger charge is -2.26. The Labute approximate surface area is 240 Å². The zero-order valence-electron chi connectivity index (χ0n) is 22.7. The maximum atomic E-state index is 13.4. The van der Waals surface area contributed by atoms with Crippen LogP contribution >= 0.6 is 0 Å². The predicted molar refractivity (Wildman–Crippen MR) is 151 cm³/mol. The quantitative estimate of drug-likeness (QED) is 0.143. The Morgan fingerprint density at radius 1 is 0.905 bits per heavy atom. The molecule has 5 rings (SSSR count). The molecule has 1 saturated heterocycles. The largest absolute Gasteiger partial charge is 0.507 e. The van der Waals surface area contributed by atoms with Crippen LogP contribution in [0.15, 0.2) is 103 Å². The molecule has 1 unspecified atom stereocenters. The minimum Gasteiger partial charge on any atom is -0.507 e. The molecule has 214 valence electrons. The number of carbonyl (C=O) groups is 2. The van der Waals surface area contributed by atoms with Gasteiger partial charge < -0.3 is 14.6 Å². The van der Waals surface area contributed by atoms with Crippen LogP contribution in [0.3, 0.4) is 0 Å². The number of alkyl halides is 3. The zero-order chi connectivity index (χ0) is 30.0. The summed E-state index contributed by atoms with van der Waals surface area (Å²) in [5.74, 6) is -1.37. The number of amides is 1. The molecule has 42 heavy (non-hydrogen) atoms. The Kier molecular flexibility index (Phi) is 7.76. The number of anilines is 1. The van der Waals surface area contributed by atoms with Crippen molar-refractivity contribution in [2.45, 2.75) is 25.7 Å². The Morgan fingerprint density at radius 3 is 2.26 bits per heavy atom. The fourth-order valence-electron chi connectivity index (χ4n) is 4.89. The molecule has 0 bridgehead atoms. The van der Waals surface area contributed by atoms with Crippen molar-refractivity contribution in [3.05, 3.63) is 130 Å². The minimum absolute atomic E-state index is 0.0674. The van der Waals surface area contributed by atoms with E-state index in [4.69, 9.17) is 9.47 Å². The first-order valence-corrected chi connectivity index (χ1v) is 13.0. The maximum Gasteiger partial charge on any atom is 0.416 e. The number of aliphatic hydroxyl groups excluding tert-OH is 1. The van der Waals surface area contributed by atoms with E-state index in [9.17, 15) is 27.9 Å². The molecule has 1 heterocycles. The van der Waals surface area contributed by atoms with E-state index in [0.717, 1.165) is 34.7 Å². The number of halogens is 3. The molecule has 1 fully saturated rings. The van der Waals surface area contributed by atoms with Gasteiger partial charge in [-0.15, -0.1) is 0 Å². The number of ketones is 1. The van der Waals surface area contributed by atoms with Gasteiger partial charge >= 0.3 is 6.18 Å². The van der Waals surface area contributed by atoms with E-state index >= 15 is 0 Å². The van der Waals surface area contributed by atoms with Gasteiger partial charge in [-0.3, -0.25) is 14.5 Å². The maximum absolute atomic E-state index is 13.4. The molecule has 4 aromatic rings. The molecular weight excluding hydrogens is 547 g/mol. The molecule has 0 spiro atoms. The third kappa shape index (κ3) is 5.58. The lowest BCUT2D eigenvalue weighted by Crippen LogP contribution is -2.29. The molecule has 4 aromatic carbocycles. The first-order chi connectivity index (χ1) is 20.1. The smallest absolute Gasteiger partial charge is 0.416 e. The number of benzene rings is 4. The number of methoxy groups -OCH3 is 1.